The van der Waals surface area contributed by atoms with Crippen molar-refractivity contribution in [1.82, 2.24) is 0 Å². The highest BCUT2D eigenvalue weighted by Gasteiger charge is 2.27. The lowest BCUT2D eigenvalue weighted by atomic mass is 10.3. The third-order valence-electron chi connectivity index (χ3n) is 3.78. The van der Waals surface area contributed by atoms with Gasteiger partial charge < -0.3 is 20.9 Å². The van der Waals surface area contributed by atoms with E-state index in [0.29, 0.717) is 17.4 Å². The fourth-order valence-corrected chi connectivity index (χ4v) is 3.73. The van der Waals surface area contributed by atoms with Gasteiger partial charge in [-0.1, -0.05) is 0 Å². The van der Waals surface area contributed by atoms with Crippen LogP contribution in [-0.2, 0) is 20.2 Å². The van der Waals surface area contributed by atoms with E-state index in [1.54, 1.807) is 0 Å². The van der Waals surface area contributed by atoms with Crippen molar-refractivity contribution < 1.29 is 35.4 Å². The van der Waals surface area contributed by atoms with E-state index in [1.165, 1.54) is 48.5 Å². The van der Waals surface area contributed by atoms with Crippen molar-refractivity contribution in [1.29, 1.82) is 0 Å². The fourth-order valence-electron chi connectivity index (χ4n) is 2.41. The quantitative estimate of drug-likeness (QED) is 0.321. The maximum atomic E-state index is 11.8. The Morgan fingerprint density at radius 3 is 1.23 bits per heavy atom. The van der Waals surface area contributed by atoms with Crippen molar-refractivity contribution in [2.45, 2.75) is 9.79 Å². The van der Waals surface area contributed by atoms with Crippen molar-refractivity contribution in [3.05, 3.63) is 60.7 Å². The van der Waals surface area contributed by atoms with E-state index in [0.717, 1.165) is 6.07 Å². The predicted molar refractivity (Wildman–Crippen MR) is 108 cm³/mol. The summed E-state index contributed by atoms with van der Waals surface area (Å²) in [6.45, 7) is 0. The molecule has 158 valence electrons. The third kappa shape index (κ3) is 4.99. The number of ether oxygens (including phenoxy) is 2. The molecule has 0 fully saturated rings. The van der Waals surface area contributed by atoms with Crippen LogP contribution in [0.5, 0.6) is 23.0 Å². The molecule has 10 nitrogen and oxygen atoms in total. The van der Waals surface area contributed by atoms with Crippen LogP contribution in [0.25, 0.3) is 0 Å². The zero-order chi connectivity index (χ0) is 22.1. The topological polar surface area (TPSA) is 179 Å². The average Bonchev–Trinajstić information content (AvgIpc) is 2.64. The molecule has 6 N–H and O–H groups in total. The maximum absolute atomic E-state index is 11.8. The highest BCUT2D eigenvalue weighted by atomic mass is 32.2. The summed E-state index contributed by atoms with van der Waals surface area (Å²) in [6.07, 6.45) is 0. The van der Waals surface area contributed by atoms with Crippen molar-refractivity contribution in [2.24, 2.45) is 0 Å². The van der Waals surface area contributed by atoms with Crippen LogP contribution in [0.1, 0.15) is 0 Å². The van der Waals surface area contributed by atoms with Gasteiger partial charge in [-0.3, -0.25) is 9.11 Å². The van der Waals surface area contributed by atoms with Gasteiger partial charge in [0.25, 0.3) is 20.2 Å². The molecule has 3 rings (SSSR count). The summed E-state index contributed by atoms with van der Waals surface area (Å²) in [7, 11) is -9.87. The summed E-state index contributed by atoms with van der Waals surface area (Å²) < 4.78 is 77.3. The van der Waals surface area contributed by atoms with Crippen LogP contribution in [0.15, 0.2) is 70.5 Å². The van der Waals surface area contributed by atoms with Crippen LogP contribution in [-0.4, -0.2) is 25.9 Å². The van der Waals surface area contributed by atoms with Gasteiger partial charge in [0.2, 0.25) is 0 Å². The number of anilines is 2. The zero-order valence-corrected chi connectivity index (χ0v) is 16.7. The Bertz CT molecular complexity index is 1190. The lowest BCUT2D eigenvalue weighted by Gasteiger charge is -2.15. The summed E-state index contributed by atoms with van der Waals surface area (Å²) in [6, 6.07) is 13.1. The highest BCUT2D eigenvalue weighted by molar-refractivity contribution is 7.86. The van der Waals surface area contributed by atoms with E-state index in [2.05, 4.69) is 0 Å². The van der Waals surface area contributed by atoms with Crippen LogP contribution in [0.2, 0.25) is 0 Å². The van der Waals surface area contributed by atoms with Gasteiger partial charge in [-0.05, 0) is 54.6 Å². The summed E-state index contributed by atoms with van der Waals surface area (Å²) in [5.41, 5.74) is 12.0. The lowest BCUT2D eigenvalue weighted by Crippen LogP contribution is -2.07. The standard InChI is InChI=1S/C18H16N2O8S2/c19-11-1-5-13(6-2-11)27-15-9-16(28-14-7-3-12(20)4-8-14)18(30(24,25)26)10-17(15)29(21,22)23/h1-10H,19-20H2,(H,21,22,23)(H,24,25,26). The molecule has 0 unspecified atom stereocenters. The number of rotatable bonds is 6. The first-order valence-electron chi connectivity index (χ1n) is 8.13. The average molecular weight is 452 g/mol. The van der Waals surface area contributed by atoms with Crippen molar-refractivity contribution in [3.63, 3.8) is 0 Å². The largest absolute Gasteiger partial charge is 0.456 e. The molecule has 0 atom stereocenters. The van der Waals surface area contributed by atoms with E-state index in [1.807, 2.05) is 0 Å². The number of benzene rings is 3. The molecule has 0 aromatic heterocycles. The third-order valence-corrected chi connectivity index (χ3v) is 5.53. The highest BCUT2D eigenvalue weighted by Crippen LogP contribution is 2.39. The van der Waals surface area contributed by atoms with Crippen LogP contribution in [0, 0.1) is 0 Å². The SMILES string of the molecule is Nc1ccc(Oc2cc(Oc3ccc(N)cc3)c(S(=O)(=O)O)cc2S(=O)(=O)O)cc1. The maximum Gasteiger partial charge on any atom is 0.298 e. The Morgan fingerprint density at radius 2 is 0.933 bits per heavy atom. The summed E-state index contributed by atoms with van der Waals surface area (Å²) >= 11 is 0. The molecule has 0 aliphatic carbocycles. The van der Waals surface area contributed by atoms with Gasteiger partial charge in [0.1, 0.15) is 21.3 Å². The molecule has 3 aromatic carbocycles. The van der Waals surface area contributed by atoms with E-state index in [9.17, 15) is 25.9 Å². The molecule has 0 radical (unpaired) electrons. The second-order valence-electron chi connectivity index (χ2n) is 6.04. The minimum atomic E-state index is -4.94. The first-order valence-corrected chi connectivity index (χ1v) is 11.0. The Morgan fingerprint density at radius 1 is 0.600 bits per heavy atom. The van der Waals surface area contributed by atoms with Gasteiger partial charge in [0.15, 0.2) is 11.5 Å². The molecule has 0 spiro atoms. The zero-order valence-electron chi connectivity index (χ0n) is 15.1. The molecule has 0 bridgehead atoms. The second kappa shape index (κ2) is 7.84. The summed E-state index contributed by atoms with van der Waals surface area (Å²) in [4.78, 5) is -1.78. The van der Waals surface area contributed by atoms with E-state index >= 15 is 0 Å². The monoisotopic (exact) mass is 452 g/mol. The first-order chi connectivity index (χ1) is 13.9. The van der Waals surface area contributed by atoms with E-state index < -0.39 is 41.5 Å². The molecule has 30 heavy (non-hydrogen) atoms. The van der Waals surface area contributed by atoms with Crippen molar-refractivity contribution in [2.75, 3.05) is 11.5 Å². The van der Waals surface area contributed by atoms with Gasteiger partial charge in [0.05, 0.1) is 0 Å². The summed E-state index contributed by atoms with van der Waals surface area (Å²) in [5.74, 6) is -0.598. The Labute approximate surface area is 172 Å². The minimum Gasteiger partial charge on any atom is -0.456 e. The van der Waals surface area contributed by atoms with Crippen LogP contribution in [0.3, 0.4) is 0 Å². The molecular formula is C18H16N2O8S2. The van der Waals surface area contributed by atoms with Crippen LogP contribution < -0.4 is 20.9 Å². The molecule has 0 heterocycles. The Hall–Kier alpha value is -3.32. The van der Waals surface area contributed by atoms with Crippen molar-refractivity contribution in [3.8, 4) is 23.0 Å². The second-order valence-corrected chi connectivity index (χ2v) is 8.82. The molecular weight excluding hydrogens is 436 g/mol. The molecule has 0 amide bonds. The molecule has 3 aromatic rings. The molecule has 0 saturated carbocycles. The molecule has 0 saturated heterocycles. The molecule has 0 aliphatic heterocycles. The summed E-state index contributed by atoms with van der Waals surface area (Å²) in [5, 5.41) is 0. The van der Waals surface area contributed by atoms with E-state index in [4.69, 9.17) is 20.9 Å². The normalized spacial score (nSPS) is 11.8. The molecule has 12 heteroatoms. The number of hydrogen-bond acceptors (Lipinski definition) is 8. The van der Waals surface area contributed by atoms with Gasteiger partial charge >= 0.3 is 0 Å². The fraction of sp³-hybridized carbons (Fsp3) is 0. The van der Waals surface area contributed by atoms with Crippen LogP contribution in [0.4, 0.5) is 11.4 Å². The van der Waals surface area contributed by atoms with Crippen LogP contribution >= 0.6 is 0 Å². The number of nitrogens with two attached hydrogens (primary N) is 2. The van der Waals surface area contributed by atoms with E-state index in [-0.39, 0.29) is 11.5 Å². The van der Waals surface area contributed by atoms with Gasteiger partial charge in [-0.15, -0.1) is 0 Å². The smallest absolute Gasteiger partial charge is 0.298 e. The van der Waals surface area contributed by atoms with Gasteiger partial charge in [-0.25, -0.2) is 0 Å². The minimum absolute atomic E-state index is 0.146. The number of hydrogen-bond donors (Lipinski definition) is 4. The first kappa shape index (κ1) is 21.4. The lowest BCUT2D eigenvalue weighted by molar-refractivity contribution is 0.428. The Balaban J connectivity index is 2.18. The number of nitrogen functional groups attached to an aromatic ring is 2. The predicted octanol–water partition coefficient (Wildman–Crippen LogP) is 2.93. The Kier molecular flexibility index (Phi) is 5.59. The van der Waals surface area contributed by atoms with Crippen molar-refractivity contribution >= 4 is 31.6 Å². The van der Waals surface area contributed by atoms with Gasteiger partial charge in [-0.2, -0.15) is 16.8 Å². The molecule has 0 aliphatic rings. The van der Waals surface area contributed by atoms with Gasteiger partial charge in [0, 0.05) is 17.4 Å².